The second-order valence-corrected chi connectivity index (χ2v) is 12.7. The van der Waals surface area contributed by atoms with Crippen LogP contribution in [0.3, 0.4) is 0 Å². The Hall–Kier alpha value is -3.72. The van der Waals surface area contributed by atoms with Crippen molar-refractivity contribution in [3.8, 4) is 22.9 Å². The molecule has 1 saturated carbocycles. The number of aromatic nitrogens is 3. The summed E-state index contributed by atoms with van der Waals surface area (Å²) in [5.41, 5.74) is 2.47. The Balaban J connectivity index is 0.960. The van der Waals surface area contributed by atoms with E-state index < -0.39 is 5.60 Å². The number of amides is 1. The van der Waals surface area contributed by atoms with Gasteiger partial charge in [-0.15, -0.1) is 0 Å². The van der Waals surface area contributed by atoms with Gasteiger partial charge in [-0.2, -0.15) is 10.4 Å². The summed E-state index contributed by atoms with van der Waals surface area (Å²) in [6, 6.07) is 8.76. The van der Waals surface area contributed by atoms with E-state index in [2.05, 4.69) is 25.9 Å². The average Bonchev–Trinajstić information content (AvgIpc) is 3.42. The summed E-state index contributed by atoms with van der Waals surface area (Å²) in [4.78, 5) is 24.4. The highest BCUT2D eigenvalue weighted by molar-refractivity contribution is 5.85. The Labute approximate surface area is 244 Å². The molecule has 5 atom stereocenters. The summed E-state index contributed by atoms with van der Waals surface area (Å²) in [6.07, 6.45) is 8.80. The number of pyridine rings is 2. The molecule has 5 saturated heterocycles. The van der Waals surface area contributed by atoms with Crippen LogP contribution in [0.4, 0.5) is 5.82 Å². The molecule has 5 aliphatic heterocycles. The third kappa shape index (κ3) is 4.49. The molecule has 9 rings (SSSR count). The first kappa shape index (κ1) is 25.9. The number of aliphatic hydroxyl groups is 1. The largest absolute Gasteiger partial charge is 0.491 e. The highest BCUT2D eigenvalue weighted by Gasteiger charge is 2.58. The molecule has 0 aromatic carbocycles. The van der Waals surface area contributed by atoms with Crippen LogP contribution in [0.5, 0.6) is 5.75 Å². The van der Waals surface area contributed by atoms with Gasteiger partial charge in [0, 0.05) is 75.6 Å². The van der Waals surface area contributed by atoms with E-state index in [0.717, 1.165) is 81.1 Å². The Morgan fingerprint density at radius 1 is 1.24 bits per heavy atom. The molecule has 218 valence electrons. The maximum atomic E-state index is 12.9. The molecular formula is C31H35N7O4. The van der Waals surface area contributed by atoms with Crippen molar-refractivity contribution in [3.05, 3.63) is 42.4 Å². The Morgan fingerprint density at radius 2 is 2.12 bits per heavy atom. The fourth-order valence-corrected chi connectivity index (χ4v) is 7.53. The first-order valence-corrected chi connectivity index (χ1v) is 15.1. The lowest BCUT2D eigenvalue weighted by Crippen LogP contribution is -2.70. The van der Waals surface area contributed by atoms with Crippen LogP contribution in [0.15, 0.2) is 36.8 Å². The van der Waals surface area contributed by atoms with Crippen LogP contribution in [0.2, 0.25) is 0 Å². The maximum absolute atomic E-state index is 12.9. The first-order chi connectivity index (χ1) is 20.5. The Bertz CT molecular complexity index is 1550. The molecule has 42 heavy (non-hydrogen) atoms. The van der Waals surface area contributed by atoms with E-state index in [0.29, 0.717) is 42.8 Å². The molecule has 3 aromatic rings. The van der Waals surface area contributed by atoms with Crippen LogP contribution in [0, 0.1) is 23.2 Å². The Morgan fingerprint density at radius 3 is 2.83 bits per heavy atom. The number of piperidine rings is 2. The summed E-state index contributed by atoms with van der Waals surface area (Å²) < 4.78 is 13.3. The Kier molecular flexibility index (Phi) is 6.14. The van der Waals surface area contributed by atoms with Gasteiger partial charge < -0.3 is 24.4 Å². The highest BCUT2D eigenvalue weighted by atomic mass is 16.5. The van der Waals surface area contributed by atoms with Gasteiger partial charge in [0.25, 0.3) is 0 Å². The summed E-state index contributed by atoms with van der Waals surface area (Å²) in [5.74, 6) is 2.61. The number of hydrogen-bond donors (Lipinski definition) is 1. The fourth-order valence-electron chi connectivity index (χ4n) is 7.53. The molecule has 1 N–H and O–H groups in total. The minimum Gasteiger partial charge on any atom is -0.491 e. The number of likely N-dealkylation sites (tertiary alicyclic amines) is 1. The van der Waals surface area contributed by atoms with Gasteiger partial charge >= 0.3 is 0 Å². The lowest BCUT2D eigenvalue weighted by Gasteiger charge is -2.56. The smallest absolute Gasteiger partial charge is 0.223 e. The number of β-amino-alcohol motifs (C(OH)–C–C–N with tert-alkyl or cyclic N) is 1. The normalized spacial score (nSPS) is 29.8. The van der Waals surface area contributed by atoms with E-state index in [9.17, 15) is 15.2 Å². The van der Waals surface area contributed by atoms with E-state index in [-0.39, 0.29) is 18.0 Å². The molecule has 6 fully saturated rings. The predicted octanol–water partition coefficient (Wildman–Crippen LogP) is 1.93. The van der Waals surface area contributed by atoms with Crippen LogP contribution >= 0.6 is 0 Å². The van der Waals surface area contributed by atoms with Gasteiger partial charge in [0.15, 0.2) is 0 Å². The molecular weight excluding hydrogens is 534 g/mol. The molecule has 8 heterocycles. The maximum Gasteiger partial charge on any atom is 0.223 e. The van der Waals surface area contributed by atoms with Gasteiger partial charge in [0.2, 0.25) is 5.91 Å². The quantitative estimate of drug-likeness (QED) is 0.434. The zero-order valence-corrected chi connectivity index (χ0v) is 23.6. The van der Waals surface area contributed by atoms with Crippen LogP contribution in [0.1, 0.15) is 31.2 Å². The van der Waals surface area contributed by atoms with Crippen LogP contribution in [0.25, 0.3) is 16.6 Å². The molecule has 1 aliphatic carbocycles. The molecule has 2 bridgehead atoms. The van der Waals surface area contributed by atoms with Crippen molar-refractivity contribution < 1.29 is 19.4 Å². The molecule has 1 amide bonds. The number of anilines is 1. The number of fused-ring (bicyclic) bond motifs is 4. The summed E-state index contributed by atoms with van der Waals surface area (Å²) in [7, 11) is 0. The van der Waals surface area contributed by atoms with Gasteiger partial charge in [0.05, 0.1) is 41.2 Å². The molecule has 6 aliphatic rings. The van der Waals surface area contributed by atoms with E-state index >= 15 is 0 Å². The van der Waals surface area contributed by atoms with Crippen molar-refractivity contribution in [2.24, 2.45) is 11.8 Å². The van der Waals surface area contributed by atoms with Gasteiger partial charge in [-0.25, -0.2) is 9.50 Å². The lowest BCUT2D eigenvalue weighted by atomic mass is 9.86. The second-order valence-electron chi connectivity index (χ2n) is 12.7. The van der Waals surface area contributed by atoms with Crippen molar-refractivity contribution in [2.45, 2.75) is 43.4 Å². The van der Waals surface area contributed by atoms with Gasteiger partial charge in [-0.05, 0) is 43.4 Å². The minimum atomic E-state index is -0.468. The van der Waals surface area contributed by atoms with E-state index in [1.807, 2.05) is 30.6 Å². The standard InChI is InChI=1S/C31H35N7O4/c32-11-22-13-34-37-17-26(42-6-4-35-14-23-10-31(23,40)19-35)9-27(30(22)37)21-1-2-28(33-12-21)36-15-24-8-25(16-36)38(24)29(39)7-20-3-5-41-18-20/h1-2,9,12-13,17,20,23-25,40H,3-8,10,14-16,18-19H2. The number of ether oxygens (including phenoxy) is 2. The fraction of sp³-hybridized carbons (Fsp3) is 0.548. The molecule has 11 nitrogen and oxygen atoms in total. The SMILES string of the molecule is N#Cc1cnn2cc(OCCN3CC4CC4(O)C3)cc(-c3ccc(N4CC5CC(C4)N5C(=O)CC4CCOC4)nc3)c12. The van der Waals surface area contributed by atoms with Crippen molar-refractivity contribution in [2.75, 3.05) is 57.4 Å². The minimum absolute atomic E-state index is 0.243. The number of carbonyl (C=O) groups is 1. The monoisotopic (exact) mass is 569 g/mol. The third-order valence-electron chi connectivity index (χ3n) is 9.91. The second kappa shape index (κ2) is 9.93. The number of rotatable bonds is 8. The van der Waals surface area contributed by atoms with Gasteiger partial charge in [-0.1, -0.05) is 0 Å². The molecule has 3 aromatic heterocycles. The molecule has 5 unspecified atom stereocenters. The molecule has 0 radical (unpaired) electrons. The first-order valence-electron chi connectivity index (χ1n) is 15.1. The van der Waals surface area contributed by atoms with Crippen LogP contribution in [-0.4, -0.2) is 106 Å². The number of piperazine rings is 1. The number of carbonyl (C=O) groups excluding carboxylic acids is 1. The van der Waals surface area contributed by atoms with E-state index in [1.54, 1.807) is 10.7 Å². The van der Waals surface area contributed by atoms with Gasteiger partial charge in [0.1, 0.15) is 24.2 Å². The van der Waals surface area contributed by atoms with E-state index in [4.69, 9.17) is 14.5 Å². The topological polar surface area (TPSA) is 119 Å². The molecule has 11 heteroatoms. The van der Waals surface area contributed by atoms with Crippen molar-refractivity contribution in [3.63, 3.8) is 0 Å². The van der Waals surface area contributed by atoms with Crippen molar-refractivity contribution in [1.82, 2.24) is 24.4 Å². The summed E-state index contributed by atoms with van der Waals surface area (Å²) in [6.45, 7) is 5.96. The van der Waals surface area contributed by atoms with Crippen molar-refractivity contribution >= 4 is 17.2 Å². The number of nitrogens with zero attached hydrogens (tertiary/aromatic N) is 7. The number of nitriles is 1. The molecule has 0 spiro atoms. The summed E-state index contributed by atoms with van der Waals surface area (Å²) in [5, 5.41) is 24.5. The van der Waals surface area contributed by atoms with Crippen LogP contribution < -0.4 is 9.64 Å². The number of hydrogen-bond acceptors (Lipinski definition) is 9. The van der Waals surface area contributed by atoms with Gasteiger partial charge in [-0.3, -0.25) is 9.69 Å². The van der Waals surface area contributed by atoms with Crippen LogP contribution in [-0.2, 0) is 9.53 Å². The average molecular weight is 570 g/mol. The zero-order chi connectivity index (χ0) is 28.4. The summed E-state index contributed by atoms with van der Waals surface area (Å²) >= 11 is 0. The highest BCUT2D eigenvalue weighted by Crippen LogP contribution is 2.49. The van der Waals surface area contributed by atoms with Crippen molar-refractivity contribution in [1.29, 1.82) is 5.26 Å². The third-order valence-corrected chi connectivity index (χ3v) is 9.91. The predicted molar refractivity (Wildman–Crippen MR) is 153 cm³/mol. The van der Waals surface area contributed by atoms with E-state index in [1.165, 1.54) is 0 Å². The zero-order valence-electron chi connectivity index (χ0n) is 23.6. The lowest BCUT2D eigenvalue weighted by molar-refractivity contribution is -0.147.